The van der Waals surface area contributed by atoms with Crippen LogP contribution in [0.4, 0.5) is 11.4 Å². The Hall–Kier alpha value is -2.36. The predicted octanol–water partition coefficient (Wildman–Crippen LogP) is 5.48. The van der Waals surface area contributed by atoms with Gasteiger partial charge in [-0.3, -0.25) is 10.9 Å². The van der Waals surface area contributed by atoms with Crippen molar-refractivity contribution in [1.29, 1.82) is 0 Å². The second kappa shape index (κ2) is 10.4. The summed E-state index contributed by atoms with van der Waals surface area (Å²) in [5, 5.41) is 0. The van der Waals surface area contributed by atoms with Gasteiger partial charge in [0.25, 0.3) is 0 Å². The van der Waals surface area contributed by atoms with Crippen LogP contribution in [0.25, 0.3) is 0 Å². The summed E-state index contributed by atoms with van der Waals surface area (Å²) in [6.45, 7) is 5.77. The van der Waals surface area contributed by atoms with Crippen molar-refractivity contribution in [2.24, 2.45) is 0 Å². The molecule has 0 aliphatic rings. The third-order valence-corrected chi connectivity index (χ3v) is 3.62. The van der Waals surface area contributed by atoms with Crippen molar-refractivity contribution in [3.8, 4) is 11.5 Å². The molecule has 0 spiro atoms. The van der Waals surface area contributed by atoms with Gasteiger partial charge in [-0.05, 0) is 37.1 Å². The van der Waals surface area contributed by atoms with Gasteiger partial charge in [-0.1, -0.05) is 51.0 Å². The van der Waals surface area contributed by atoms with Crippen LogP contribution in [-0.4, -0.2) is 13.2 Å². The maximum absolute atomic E-state index is 5.84. The van der Waals surface area contributed by atoms with E-state index in [1.165, 1.54) is 0 Å². The molecule has 0 atom stereocenters. The van der Waals surface area contributed by atoms with E-state index in [4.69, 9.17) is 9.47 Å². The molecule has 0 bridgehead atoms. The van der Waals surface area contributed by atoms with E-state index in [2.05, 4.69) is 24.7 Å². The van der Waals surface area contributed by atoms with Crippen LogP contribution in [0.15, 0.2) is 48.5 Å². The molecule has 0 radical (unpaired) electrons. The molecular formula is C20H28N2O2. The smallest absolute Gasteiger partial charge is 0.144 e. The summed E-state index contributed by atoms with van der Waals surface area (Å²) in [4.78, 5) is 0. The van der Waals surface area contributed by atoms with Gasteiger partial charge >= 0.3 is 0 Å². The first kappa shape index (κ1) is 18.0. The number of anilines is 2. The van der Waals surface area contributed by atoms with E-state index in [9.17, 15) is 0 Å². The Morgan fingerprint density at radius 1 is 0.667 bits per heavy atom. The number of hydrogen-bond acceptors (Lipinski definition) is 4. The van der Waals surface area contributed by atoms with Gasteiger partial charge in [-0.15, -0.1) is 0 Å². The highest BCUT2D eigenvalue weighted by molar-refractivity contribution is 5.63. The van der Waals surface area contributed by atoms with Crippen molar-refractivity contribution >= 4 is 11.4 Å². The third kappa shape index (κ3) is 5.69. The average Bonchev–Trinajstić information content (AvgIpc) is 2.62. The zero-order valence-corrected chi connectivity index (χ0v) is 14.7. The van der Waals surface area contributed by atoms with Gasteiger partial charge in [0.2, 0.25) is 0 Å². The minimum atomic E-state index is 0.728. The molecule has 4 heteroatoms. The summed E-state index contributed by atoms with van der Waals surface area (Å²) in [7, 11) is 0. The van der Waals surface area contributed by atoms with Gasteiger partial charge in [0.1, 0.15) is 11.5 Å². The zero-order chi connectivity index (χ0) is 17.0. The van der Waals surface area contributed by atoms with Crippen LogP contribution >= 0.6 is 0 Å². The molecule has 0 fully saturated rings. The van der Waals surface area contributed by atoms with Crippen molar-refractivity contribution in [3.63, 3.8) is 0 Å². The SMILES string of the molecule is CCCCOc1ccccc1NNc1ccccc1OCCCC. The van der Waals surface area contributed by atoms with Crippen LogP contribution in [0.1, 0.15) is 39.5 Å². The highest BCUT2D eigenvalue weighted by Gasteiger charge is 2.05. The Kier molecular flexibility index (Phi) is 7.81. The summed E-state index contributed by atoms with van der Waals surface area (Å²) in [5.41, 5.74) is 8.29. The second-order valence-electron chi connectivity index (χ2n) is 5.65. The van der Waals surface area contributed by atoms with Crippen molar-refractivity contribution in [1.82, 2.24) is 0 Å². The number of nitrogens with one attached hydrogen (secondary N) is 2. The normalized spacial score (nSPS) is 10.2. The number of ether oxygens (including phenoxy) is 2. The Morgan fingerprint density at radius 2 is 1.08 bits per heavy atom. The minimum absolute atomic E-state index is 0.728. The number of unbranched alkanes of at least 4 members (excludes halogenated alkanes) is 2. The van der Waals surface area contributed by atoms with E-state index in [0.717, 1.165) is 61.8 Å². The summed E-state index contributed by atoms with van der Waals surface area (Å²) in [5.74, 6) is 1.70. The fraction of sp³-hybridized carbons (Fsp3) is 0.400. The van der Waals surface area contributed by atoms with Crippen molar-refractivity contribution < 1.29 is 9.47 Å². The highest BCUT2D eigenvalue weighted by atomic mass is 16.5. The number of rotatable bonds is 11. The standard InChI is InChI=1S/C20H28N2O2/c1-3-5-15-23-19-13-9-7-11-17(19)21-22-18-12-8-10-14-20(18)24-16-6-4-2/h7-14,21-22H,3-6,15-16H2,1-2H3. The Bertz CT molecular complexity index is 548. The van der Waals surface area contributed by atoms with Crippen molar-refractivity contribution in [2.45, 2.75) is 39.5 Å². The van der Waals surface area contributed by atoms with Crippen LogP contribution in [0, 0.1) is 0 Å². The first-order valence-electron chi connectivity index (χ1n) is 8.80. The molecule has 0 saturated heterocycles. The molecule has 24 heavy (non-hydrogen) atoms. The van der Waals surface area contributed by atoms with Crippen LogP contribution in [0.3, 0.4) is 0 Å². The third-order valence-electron chi connectivity index (χ3n) is 3.62. The minimum Gasteiger partial charge on any atom is -0.491 e. The Labute approximate surface area is 145 Å². The largest absolute Gasteiger partial charge is 0.491 e. The molecule has 0 heterocycles. The van der Waals surface area contributed by atoms with Gasteiger partial charge in [-0.2, -0.15) is 0 Å². The van der Waals surface area contributed by atoms with Gasteiger partial charge in [-0.25, -0.2) is 0 Å². The lowest BCUT2D eigenvalue weighted by atomic mass is 10.3. The average molecular weight is 328 g/mol. The molecule has 2 aromatic carbocycles. The Morgan fingerprint density at radius 3 is 1.50 bits per heavy atom. The lowest BCUT2D eigenvalue weighted by Gasteiger charge is -2.17. The number of hydrogen-bond donors (Lipinski definition) is 2. The molecule has 0 unspecified atom stereocenters. The highest BCUT2D eigenvalue weighted by Crippen LogP contribution is 2.27. The quantitative estimate of drug-likeness (QED) is 0.423. The van der Waals surface area contributed by atoms with E-state index in [0.29, 0.717) is 0 Å². The molecule has 2 aromatic rings. The maximum Gasteiger partial charge on any atom is 0.144 e. The molecule has 2 rings (SSSR count). The van der Waals surface area contributed by atoms with Crippen LogP contribution in [-0.2, 0) is 0 Å². The topological polar surface area (TPSA) is 42.5 Å². The van der Waals surface area contributed by atoms with E-state index in [1.54, 1.807) is 0 Å². The lowest BCUT2D eigenvalue weighted by Crippen LogP contribution is -2.12. The van der Waals surface area contributed by atoms with Crippen molar-refractivity contribution in [2.75, 3.05) is 24.1 Å². The molecular weight excluding hydrogens is 300 g/mol. The molecule has 2 N–H and O–H groups in total. The lowest BCUT2D eigenvalue weighted by molar-refractivity contribution is 0.310. The first-order valence-corrected chi connectivity index (χ1v) is 8.80. The molecule has 0 aliphatic carbocycles. The maximum atomic E-state index is 5.84. The summed E-state index contributed by atoms with van der Waals surface area (Å²) in [6.07, 6.45) is 4.35. The van der Waals surface area contributed by atoms with Gasteiger partial charge in [0, 0.05) is 0 Å². The van der Waals surface area contributed by atoms with Crippen LogP contribution < -0.4 is 20.3 Å². The molecule has 0 amide bonds. The molecule has 4 nitrogen and oxygen atoms in total. The van der Waals surface area contributed by atoms with Gasteiger partial charge < -0.3 is 9.47 Å². The summed E-state index contributed by atoms with van der Waals surface area (Å²) in [6, 6.07) is 15.9. The molecule has 130 valence electrons. The number of benzene rings is 2. The van der Waals surface area contributed by atoms with E-state index >= 15 is 0 Å². The zero-order valence-electron chi connectivity index (χ0n) is 14.7. The van der Waals surface area contributed by atoms with Crippen LogP contribution in [0.2, 0.25) is 0 Å². The number of hydrazine groups is 1. The van der Waals surface area contributed by atoms with Gasteiger partial charge in [0.05, 0.1) is 24.6 Å². The van der Waals surface area contributed by atoms with Gasteiger partial charge in [0.15, 0.2) is 0 Å². The fourth-order valence-corrected chi connectivity index (χ4v) is 2.18. The van der Waals surface area contributed by atoms with E-state index < -0.39 is 0 Å². The number of para-hydroxylation sites is 4. The predicted molar refractivity (Wildman–Crippen MR) is 101 cm³/mol. The second-order valence-corrected chi connectivity index (χ2v) is 5.65. The van der Waals surface area contributed by atoms with E-state index in [-0.39, 0.29) is 0 Å². The molecule has 0 saturated carbocycles. The molecule has 0 aliphatic heterocycles. The monoisotopic (exact) mass is 328 g/mol. The van der Waals surface area contributed by atoms with Crippen molar-refractivity contribution in [3.05, 3.63) is 48.5 Å². The fourth-order valence-electron chi connectivity index (χ4n) is 2.18. The first-order chi connectivity index (χ1) is 11.8. The van der Waals surface area contributed by atoms with Crippen LogP contribution in [0.5, 0.6) is 11.5 Å². The van der Waals surface area contributed by atoms with E-state index in [1.807, 2.05) is 48.5 Å². The Balaban J connectivity index is 1.98. The molecule has 0 aromatic heterocycles. The summed E-state index contributed by atoms with van der Waals surface area (Å²) < 4.78 is 11.7. The summed E-state index contributed by atoms with van der Waals surface area (Å²) >= 11 is 0.